The van der Waals surface area contributed by atoms with E-state index < -0.39 is 0 Å². The van der Waals surface area contributed by atoms with Crippen molar-refractivity contribution in [1.82, 2.24) is 0 Å². The molecule has 0 bridgehead atoms. The third-order valence-electron chi connectivity index (χ3n) is 6.05. The first-order valence-corrected chi connectivity index (χ1v) is 11.7. The summed E-state index contributed by atoms with van der Waals surface area (Å²) in [5, 5.41) is 20.0. The van der Waals surface area contributed by atoms with E-state index in [2.05, 4.69) is 61.9 Å². The van der Waals surface area contributed by atoms with Crippen molar-refractivity contribution in [2.75, 3.05) is 0 Å². The Morgan fingerprint density at radius 2 is 0.914 bits per heavy atom. The van der Waals surface area contributed by atoms with Crippen molar-refractivity contribution in [3.05, 3.63) is 117 Å². The van der Waals surface area contributed by atoms with Crippen LogP contribution in [0.4, 0.5) is 11.4 Å². The number of phenols is 2. The highest BCUT2D eigenvalue weighted by atomic mass is 16.3. The number of aliphatic imine (C=N–C) groups is 2. The summed E-state index contributed by atoms with van der Waals surface area (Å²) in [6.07, 6.45) is 4.24. The topological polar surface area (TPSA) is 65.2 Å². The van der Waals surface area contributed by atoms with Gasteiger partial charge in [0.15, 0.2) is 0 Å². The highest BCUT2D eigenvalue weighted by Crippen LogP contribution is 2.30. The fourth-order valence-corrected chi connectivity index (χ4v) is 4.40. The molecule has 0 saturated heterocycles. The lowest BCUT2D eigenvalue weighted by Crippen LogP contribution is -1.94. The Morgan fingerprint density at radius 1 is 0.571 bits per heavy atom. The van der Waals surface area contributed by atoms with Gasteiger partial charge in [0, 0.05) is 23.6 Å². The molecule has 0 saturated carbocycles. The fraction of sp³-hybridized carbons (Fsp3) is 0.161. The van der Waals surface area contributed by atoms with Crippen LogP contribution in [0.3, 0.4) is 0 Å². The van der Waals surface area contributed by atoms with Crippen molar-refractivity contribution in [3.63, 3.8) is 0 Å². The molecule has 0 aromatic heterocycles. The van der Waals surface area contributed by atoms with Crippen LogP contribution in [0.2, 0.25) is 0 Å². The molecule has 2 N–H and O–H groups in total. The van der Waals surface area contributed by atoms with Crippen molar-refractivity contribution in [1.29, 1.82) is 0 Å². The number of aromatic hydroxyl groups is 2. The summed E-state index contributed by atoms with van der Waals surface area (Å²) in [5.41, 5.74) is 10.1. The molecule has 0 fully saturated rings. The molecule has 0 amide bonds. The number of hydrogen-bond acceptors (Lipinski definition) is 4. The Kier molecular flexibility index (Phi) is 7.11. The number of nitrogens with zero attached hydrogens (tertiary/aromatic N) is 2. The van der Waals surface area contributed by atoms with Gasteiger partial charge in [-0.1, -0.05) is 48.5 Å². The van der Waals surface area contributed by atoms with Crippen molar-refractivity contribution in [2.45, 2.75) is 34.1 Å². The van der Waals surface area contributed by atoms with Gasteiger partial charge in [-0.3, -0.25) is 9.98 Å². The number of phenolic OH excluding ortho intramolecular Hbond substituents is 2. The lowest BCUT2D eigenvalue weighted by molar-refractivity contribution is 0.474. The second kappa shape index (κ2) is 10.4. The molecule has 0 heterocycles. The lowest BCUT2D eigenvalue weighted by Gasteiger charge is -2.12. The number of hydrogen-bond donors (Lipinski definition) is 2. The van der Waals surface area contributed by atoms with Crippen LogP contribution in [0.25, 0.3) is 0 Å². The van der Waals surface area contributed by atoms with Crippen molar-refractivity contribution in [3.8, 4) is 11.5 Å². The molecular formula is C31H30N2O2. The van der Waals surface area contributed by atoms with Crippen LogP contribution in [0.15, 0.2) is 82.8 Å². The minimum atomic E-state index is 0.224. The van der Waals surface area contributed by atoms with Crippen LogP contribution in [0.5, 0.6) is 11.5 Å². The third-order valence-corrected chi connectivity index (χ3v) is 6.05. The number of para-hydroxylation sites is 2. The van der Waals surface area contributed by atoms with E-state index in [0.717, 1.165) is 40.0 Å². The molecule has 176 valence electrons. The van der Waals surface area contributed by atoms with Crippen molar-refractivity contribution < 1.29 is 10.2 Å². The first kappa shape index (κ1) is 24.0. The fourth-order valence-electron chi connectivity index (χ4n) is 4.40. The average molecular weight is 463 g/mol. The van der Waals surface area contributed by atoms with Gasteiger partial charge in [-0.05, 0) is 91.8 Å². The first-order chi connectivity index (χ1) is 16.8. The summed E-state index contributed by atoms with van der Waals surface area (Å²) in [6.45, 7) is 8.28. The van der Waals surface area contributed by atoms with Crippen LogP contribution in [-0.2, 0) is 6.42 Å². The largest absolute Gasteiger partial charge is 0.507 e. The van der Waals surface area contributed by atoms with E-state index in [4.69, 9.17) is 0 Å². The number of benzene rings is 4. The lowest BCUT2D eigenvalue weighted by atomic mass is 9.96. The molecule has 0 spiro atoms. The Morgan fingerprint density at radius 3 is 1.26 bits per heavy atom. The Labute approximate surface area is 207 Å². The van der Waals surface area contributed by atoms with E-state index in [1.54, 1.807) is 36.7 Å². The molecular weight excluding hydrogens is 432 g/mol. The van der Waals surface area contributed by atoms with Crippen LogP contribution in [0, 0.1) is 27.7 Å². The van der Waals surface area contributed by atoms with Gasteiger partial charge in [-0.25, -0.2) is 0 Å². The molecule has 4 nitrogen and oxygen atoms in total. The average Bonchev–Trinajstić information content (AvgIpc) is 2.80. The Bertz CT molecular complexity index is 1280. The molecule has 0 aliphatic heterocycles. The normalized spacial score (nSPS) is 11.5. The smallest absolute Gasteiger partial charge is 0.124 e. The van der Waals surface area contributed by atoms with E-state index in [1.807, 2.05) is 24.3 Å². The van der Waals surface area contributed by atoms with Crippen molar-refractivity contribution in [2.24, 2.45) is 9.98 Å². The van der Waals surface area contributed by atoms with E-state index in [9.17, 15) is 10.2 Å². The van der Waals surface area contributed by atoms with Gasteiger partial charge in [0.2, 0.25) is 0 Å². The molecule has 0 radical (unpaired) electrons. The summed E-state index contributed by atoms with van der Waals surface area (Å²) in [5.74, 6) is 0.449. The maximum Gasteiger partial charge on any atom is 0.124 e. The van der Waals surface area contributed by atoms with Gasteiger partial charge in [-0.2, -0.15) is 0 Å². The minimum absolute atomic E-state index is 0.224. The van der Waals surface area contributed by atoms with E-state index >= 15 is 0 Å². The first-order valence-electron chi connectivity index (χ1n) is 11.7. The summed E-state index contributed by atoms with van der Waals surface area (Å²) in [7, 11) is 0. The van der Waals surface area contributed by atoms with Crippen molar-refractivity contribution >= 4 is 23.8 Å². The standard InChI is InChI=1S/C31H30N2O2/c1-20-13-24(14-21(2)30(20)32-18-26-9-5-7-11-28(26)34)17-25-15-22(3)31(23(4)16-25)33-19-27-10-6-8-12-29(27)35/h5-16,18-19,34-35H,17H2,1-4H3. The predicted molar refractivity (Wildman–Crippen MR) is 145 cm³/mol. The third kappa shape index (κ3) is 5.67. The van der Waals surface area contributed by atoms with Crippen LogP contribution in [0.1, 0.15) is 44.5 Å². The van der Waals surface area contributed by atoms with E-state index in [-0.39, 0.29) is 11.5 Å². The Hall–Kier alpha value is -4.18. The zero-order chi connectivity index (χ0) is 24.9. The molecule has 35 heavy (non-hydrogen) atoms. The maximum absolute atomic E-state index is 9.99. The van der Waals surface area contributed by atoms with Gasteiger partial charge in [0.25, 0.3) is 0 Å². The SMILES string of the molecule is Cc1cc(Cc2cc(C)c(N=Cc3ccccc3O)c(C)c2)cc(C)c1N=Cc1ccccc1O. The van der Waals surface area contributed by atoms with Gasteiger partial charge in [0.1, 0.15) is 11.5 Å². The molecule has 0 atom stereocenters. The molecule has 4 rings (SSSR count). The summed E-state index contributed by atoms with van der Waals surface area (Å²) < 4.78 is 0. The monoisotopic (exact) mass is 462 g/mol. The van der Waals surface area contributed by atoms with Gasteiger partial charge in [0.05, 0.1) is 11.4 Å². The highest BCUT2D eigenvalue weighted by Gasteiger charge is 2.09. The van der Waals surface area contributed by atoms with E-state index in [0.29, 0.717) is 11.1 Å². The summed E-state index contributed by atoms with van der Waals surface area (Å²) in [4.78, 5) is 9.31. The summed E-state index contributed by atoms with van der Waals surface area (Å²) >= 11 is 0. The van der Waals surface area contributed by atoms with Crippen LogP contribution >= 0.6 is 0 Å². The van der Waals surface area contributed by atoms with Crippen LogP contribution in [-0.4, -0.2) is 22.6 Å². The van der Waals surface area contributed by atoms with Gasteiger partial charge >= 0.3 is 0 Å². The second-order valence-electron chi connectivity index (χ2n) is 8.97. The van der Waals surface area contributed by atoms with Crippen LogP contribution < -0.4 is 0 Å². The van der Waals surface area contributed by atoms with Gasteiger partial charge < -0.3 is 10.2 Å². The number of rotatable bonds is 6. The molecule has 0 aliphatic carbocycles. The summed E-state index contributed by atoms with van der Waals surface area (Å²) in [6, 6.07) is 23.1. The zero-order valence-electron chi connectivity index (χ0n) is 20.6. The van der Waals surface area contributed by atoms with Gasteiger partial charge in [-0.15, -0.1) is 0 Å². The number of aryl methyl sites for hydroxylation is 4. The second-order valence-corrected chi connectivity index (χ2v) is 8.97. The van der Waals surface area contributed by atoms with E-state index in [1.165, 1.54) is 11.1 Å². The highest BCUT2D eigenvalue weighted by molar-refractivity contribution is 5.86. The zero-order valence-corrected chi connectivity index (χ0v) is 20.6. The Balaban J connectivity index is 1.55. The predicted octanol–water partition coefficient (Wildman–Crippen LogP) is 7.42. The maximum atomic E-state index is 9.99. The molecule has 4 heteroatoms. The quantitative estimate of drug-likeness (QED) is 0.293. The molecule has 4 aromatic carbocycles. The molecule has 4 aromatic rings. The molecule has 0 unspecified atom stereocenters. The molecule has 0 aliphatic rings. The minimum Gasteiger partial charge on any atom is -0.507 e.